The Hall–Kier alpha value is -0.900. The number of likely N-dealkylation sites (N-methyl/N-ethyl adjacent to an activating group) is 1. The molecule has 1 aliphatic heterocycles. The zero-order valence-electron chi connectivity index (χ0n) is 12.5. The molecule has 3 heteroatoms. The van der Waals surface area contributed by atoms with Gasteiger partial charge in [0.25, 0.3) is 0 Å². The highest BCUT2D eigenvalue weighted by Gasteiger charge is 2.24. The van der Waals surface area contributed by atoms with E-state index in [-0.39, 0.29) is 17.6 Å². The maximum Gasteiger partial charge on any atom is 0.0894 e. The second kappa shape index (κ2) is 6.04. The molecule has 1 aromatic carbocycles. The fourth-order valence-electron chi connectivity index (χ4n) is 2.56. The Labute approximate surface area is 116 Å². The predicted octanol–water partition coefficient (Wildman–Crippen LogP) is 2.23. The molecule has 0 amide bonds. The van der Waals surface area contributed by atoms with Crippen molar-refractivity contribution in [3.63, 3.8) is 0 Å². The van der Waals surface area contributed by atoms with E-state index in [0.29, 0.717) is 0 Å². The van der Waals surface area contributed by atoms with Crippen LogP contribution in [0, 0.1) is 0 Å². The second-order valence-electron chi connectivity index (χ2n) is 6.25. The average molecular weight is 262 g/mol. The van der Waals surface area contributed by atoms with Gasteiger partial charge in [-0.25, -0.2) is 0 Å². The summed E-state index contributed by atoms with van der Waals surface area (Å²) in [4.78, 5) is 0. The summed E-state index contributed by atoms with van der Waals surface area (Å²) in [5.41, 5.74) is 2.87. The van der Waals surface area contributed by atoms with Crippen molar-refractivity contribution < 1.29 is 4.74 Å². The largest absolute Gasteiger partial charge is 0.374 e. The van der Waals surface area contributed by atoms with Crippen LogP contribution in [0.3, 0.4) is 0 Å². The third-order valence-corrected chi connectivity index (χ3v) is 3.77. The lowest BCUT2D eigenvalue weighted by Crippen LogP contribution is -2.45. The number of morpholine rings is 1. The highest BCUT2D eigenvalue weighted by atomic mass is 16.5. The van der Waals surface area contributed by atoms with Crippen LogP contribution in [0.5, 0.6) is 0 Å². The molecule has 19 heavy (non-hydrogen) atoms. The molecular formula is C16H26N2O. The zero-order valence-corrected chi connectivity index (χ0v) is 12.5. The highest BCUT2D eigenvalue weighted by Crippen LogP contribution is 2.25. The second-order valence-corrected chi connectivity index (χ2v) is 6.25. The summed E-state index contributed by atoms with van der Waals surface area (Å²) in [6.07, 6.45) is 0.208. The molecule has 1 aliphatic rings. The quantitative estimate of drug-likeness (QED) is 0.876. The first-order chi connectivity index (χ1) is 9.02. The fourth-order valence-corrected chi connectivity index (χ4v) is 2.56. The lowest BCUT2D eigenvalue weighted by Gasteiger charge is -2.31. The van der Waals surface area contributed by atoms with Gasteiger partial charge in [0.2, 0.25) is 0 Å². The van der Waals surface area contributed by atoms with Gasteiger partial charge >= 0.3 is 0 Å². The van der Waals surface area contributed by atoms with Crippen LogP contribution < -0.4 is 10.6 Å². The van der Waals surface area contributed by atoms with Crippen LogP contribution in [-0.4, -0.2) is 32.8 Å². The van der Waals surface area contributed by atoms with Gasteiger partial charge in [0.05, 0.1) is 18.8 Å². The monoisotopic (exact) mass is 262 g/mol. The summed E-state index contributed by atoms with van der Waals surface area (Å²) < 4.78 is 5.86. The van der Waals surface area contributed by atoms with E-state index < -0.39 is 0 Å². The molecule has 3 nitrogen and oxygen atoms in total. The first kappa shape index (κ1) is 14.5. The average Bonchev–Trinajstić information content (AvgIpc) is 2.40. The lowest BCUT2D eigenvalue weighted by atomic mass is 9.86. The van der Waals surface area contributed by atoms with Crippen molar-refractivity contribution in [1.82, 2.24) is 10.6 Å². The molecule has 0 radical (unpaired) electrons. The van der Waals surface area contributed by atoms with Crippen LogP contribution in [0.1, 0.15) is 37.9 Å². The highest BCUT2D eigenvalue weighted by molar-refractivity contribution is 5.30. The van der Waals surface area contributed by atoms with E-state index in [0.717, 1.165) is 19.7 Å². The molecule has 0 bridgehead atoms. The SMILES string of the molecule is CNC(c1ccc(C(C)(C)C)cc1)C1CNCCO1. The molecule has 1 aromatic rings. The molecule has 2 unspecified atom stereocenters. The van der Waals surface area contributed by atoms with Crippen molar-refractivity contribution in [2.45, 2.75) is 38.3 Å². The van der Waals surface area contributed by atoms with Gasteiger partial charge in [-0.3, -0.25) is 0 Å². The van der Waals surface area contributed by atoms with Gasteiger partial charge in [-0.05, 0) is 23.6 Å². The number of benzene rings is 1. The Balaban J connectivity index is 2.14. The Kier molecular flexibility index (Phi) is 4.61. The van der Waals surface area contributed by atoms with Crippen LogP contribution in [-0.2, 0) is 10.2 Å². The first-order valence-electron chi connectivity index (χ1n) is 7.12. The van der Waals surface area contributed by atoms with Crippen molar-refractivity contribution in [3.05, 3.63) is 35.4 Å². The lowest BCUT2D eigenvalue weighted by molar-refractivity contribution is 0.00537. The molecular weight excluding hydrogens is 236 g/mol. The molecule has 1 heterocycles. The molecule has 0 spiro atoms. The summed E-state index contributed by atoms with van der Waals surface area (Å²) in [5, 5.41) is 6.77. The Bertz CT molecular complexity index is 388. The van der Waals surface area contributed by atoms with Crippen LogP contribution in [0.4, 0.5) is 0 Å². The molecule has 2 rings (SSSR count). The van der Waals surface area contributed by atoms with Gasteiger partial charge < -0.3 is 15.4 Å². The van der Waals surface area contributed by atoms with Gasteiger partial charge in [0.15, 0.2) is 0 Å². The van der Waals surface area contributed by atoms with E-state index in [1.54, 1.807) is 0 Å². The normalized spacial score (nSPS) is 22.2. The topological polar surface area (TPSA) is 33.3 Å². The van der Waals surface area contributed by atoms with Crippen molar-refractivity contribution >= 4 is 0 Å². The van der Waals surface area contributed by atoms with Gasteiger partial charge in [-0.15, -0.1) is 0 Å². The summed E-state index contributed by atoms with van der Waals surface area (Å²) in [6.45, 7) is 9.38. The minimum absolute atomic E-state index is 0.205. The van der Waals surface area contributed by atoms with Crippen molar-refractivity contribution in [3.8, 4) is 0 Å². The van der Waals surface area contributed by atoms with E-state index in [1.807, 2.05) is 7.05 Å². The van der Waals surface area contributed by atoms with Crippen LogP contribution in [0.25, 0.3) is 0 Å². The molecule has 1 fully saturated rings. The maximum absolute atomic E-state index is 5.86. The molecule has 0 saturated carbocycles. The van der Waals surface area contributed by atoms with E-state index in [1.165, 1.54) is 11.1 Å². The minimum atomic E-state index is 0.205. The Morgan fingerprint density at radius 1 is 1.26 bits per heavy atom. The first-order valence-corrected chi connectivity index (χ1v) is 7.12. The third-order valence-electron chi connectivity index (χ3n) is 3.77. The van der Waals surface area contributed by atoms with E-state index in [9.17, 15) is 0 Å². The van der Waals surface area contributed by atoms with E-state index >= 15 is 0 Å². The number of hydrogen-bond donors (Lipinski definition) is 2. The minimum Gasteiger partial charge on any atom is -0.374 e. The third kappa shape index (κ3) is 3.56. The number of nitrogens with one attached hydrogen (secondary N) is 2. The Morgan fingerprint density at radius 3 is 2.42 bits per heavy atom. The summed E-state index contributed by atoms with van der Waals surface area (Å²) in [7, 11) is 2.00. The van der Waals surface area contributed by atoms with Crippen molar-refractivity contribution in [2.24, 2.45) is 0 Å². The van der Waals surface area contributed by atoms with Crippen molar-refractivity contribution in [1.29, 1.82) is 0 Å². The van der Waals surface area contributed by atoms with Gasteiger partial charge in [0.1, 0.15) is 0 Å². The smallest absolute Gasteiger partial charge is 0.0894 e. The molecule has 0 aliphatic carbocycles. The van der Waals surface area contributed by atoms with Crippen LogP contribution >= 0.6 is 0 Å². The van der Waals surface area contributed by atoms with E-state index in [4.69, 9.17) is 4.74 Å². The van der Waals surface area contributed by atoms with Crippen molar-refractivity contribution in [2.75, 3.05) is 26.7 Å². The van der Waals surface area contributed by atoms with E-state index in [2.05, 4.69) is 55.7 Å². The molecule has 1 saturated heterocycles. The summed E-state index contributed by atoms with van der Waals surface area (Å²) in [5.74, 6) is 0. The number of ether oxygens (including phenoxy) is 1. The zero-order chi connectivity index (χ0) is 13.9. The maximum atomic E-state index is 5.86. The summed E-state index contributed by atoms with van der Waals surface area (Å²) >= 11 is 0. The van der Waals surface area contributed by atoms with Gasteiger partial charge in [0, 0.05) is 13.1 Å². The Morgan fingerprint density at radius 2 is 1.95 bits per heavy atom. The van der Waals surface area contributed by atoms with Crippen LogP contribution in [0.15, 0.2) is 24.3 Å². The predicted molar refractivity (Wildman–Crippen MR) is 79.6 cm³/mol. The van der Waals surface area contributed by atoms with Gasteiger partial charge in [-0.2, -0.15) is 0 Å². The molecule has 106 valence electrons. The standard InChI is InChI=1S/C16H26N2O/c1-16(2,3)13-7-5-12(6-8-13)15(17-4)14-11-18-9-10-19-14/h5-8,14-15,17-18H,9-11H2,1-4H3. The van der Waals surface area contributed by atoms with Crippen LogP contribution in [0.2, 0.25) is 0 Å². The number of rotatable bonds is 3. The van der Waals surface area contributed by atoms with Gasteiger partial charge in [-0.1, -0.05) is 45.0 Å². The summed E-state index contributed by atoms with van der Waals surface area (Å²) in [6, 6.07) is 9.16. The molecule has 0 aromatic heterocycles. The number of hydrogen-bond acceptors (Lipinski definition) is 3. The fraction of sp³-hybridized carbons (Fsp3) is 0.625. The molecule has 2 N–H and O–H groups in total. The molecule has 2 atom stereocenters.